The molecule has 0 saturated heterocycles. The van der Waals surface area contributed by atoms with Gasteiger partial charge in [0.05, 0.1) is 39.5 Å². The minimum Gasteiger partial charge on any atom is -0.465 e. The lowest BCUT2D eigenvalue weighted by atomic mass is 9.97. The molecule has 9 aromatic heterocycles. The van der Waals surface area contributed by atoms with Crippen LogP contribution in [0.15, 0.2) is 53.5 Å². The van der Waals surface area contributed by atoms with Crippen molar-refractivity contribution in [3.63, 3.8) is 0 Å². The fourth-order valence-electron chi connectivity index (χ4n) is 14.0. The molecule has 13 nitrogen and oxygen atoms in total. The Bertz CT molecular complexity index is 3330. The number of hydrogen-bond acceptors (Lipinski definition) is 10. The summed E-state index contributed by atoms with van der Waals surface area (Å²) < 4.78 is 19.1. The molecule has 0 aliphatic heterocycles. The fourth-order valence-corrected chi connectivity index (χ4v) is 17.8. The number of furan rings is 1. The smallest absolute Gasteiger partial charge is 0.280 e. The largest absolute Gasteiger partial charge is 0.465 e. The van der Waals surface area contributed by atoms with Crippen LogP contribution < -0.4 is 4.57 Å². The molecule has 9 aromatic rings. The number of thiazole rings is 1. The number of aromatic nitrogens is 12. The third-order valence-corrected chi connectivity index (χ3v) is 27.1. The lowest BCUT2D eigenvalue weighted by Gasteiger charge is -2.13. The van der Waals surface area contributed by atoms with Crippen LogP contribution in [-0.2, 0) is 0 Å². The lowest BCUT2D eigenvalue weighted by Crippen LogP contribution is -2.39. The monoisotopic (exact) mass is 1800 g/mol. The van der Waals surface area contributed by atoms with Crippen molar-refractivity contribution in [1.29, 1.82) is 0 Å². The van der Waals surface area contributed by atoms with Crippen LogP contribution in [0.3, 0.4) is 0 Å². The summed E-state index contributed by atoms with van der Waals surface area (Å²) in [6.07, 6.45) is 6.51. The topological polar surface area (TPSA) is 119 Å². The Morgan fingerprint density at radius 1 is 0.278 bits per heavy atom. The first-order valence-electron chi connectivity index (χ1n) is 49.6. The Morgan fingerprint density at radius 2 is 0.635 bits per heavy atom. The first kappa shape index (κ1) is 118. The van der Waals surface area contributed by atoms with Gasteiger partial charge in [-0.2, -0.15) is 10.2 Å². The van der Waals surface area contributed by atoms with E-state index in [0.29, 0.717) is 161 Å². The number of imidazole rings is 2. The molecule has 0 atom stereocenters. The van der Waals surface area contributed by atoms with Crippen molar-refractivity contribution in [3.05, 3.63) is 164 Å². The zero-order chi connectivity index (χ0) is 97.9. The summed E-state index contributed by atoms with van der Waals surface area (Å²) in [6.45, 7) is 120. The second-order valence-electron chi connectivity index (χ2n) is 43.6. The summed E-state index contributed by atoms with van der Waals surface area (Å²) in [5.41, 5.74) is 13.4. The highest BCUT2D eigenvalue weighted by atomic mass is 32.1. The second-order valence-corrected chi connectivity index (χ2v) is 46.9. The van der Waals surface area contributed by atoms with Gasteiger partial charge in [-0.05, 0) is 219 Å². The van der Waals surface area contributed by atoms with Gasteiger partial charge < -0.3 is 13.6 Å². The Labute approximate surface area is 789 Å². The molecule has 0 aliphatic carbocycles. The lowest BCUT2D eigenvalue weighted by molar-refractivity contribution is -0.724. The molecule has 720 valence electrons. The van der Waals surface area contributed by atoms with Crippen LogP contribution in [0.5, 0.6) is 0 Å². The third kappa shape index (κ3) is 36.8. The van der Waals surface area contributed by atoms with Gasteiger partial charge in [0.15, 0.2) is 0 Å². The van der Waals surface area contributed by atoms with Gasteiger partial charge in [-0.3, -0.25) is 9.36 Å². The van der Waals surface area contributed by atoms with E-state index in [-0.39, 0.29) is 0 Å². The molecule has 0 aromatic carbocycles. The van der Waals surface area contributed by atoms with Crippen molar-refractivity contribution in [2.75, 3.05) is 0 Å². The van der Waals surface area contributed by atoms with Crippen LogP contribution in [0.2, 0.25) is 0 Å². The maximum Gasteiger partial charge on any atom is 0.280 e. The van der Waals surface area contributed by atoms with Crippen LogP contribution in [0.4, 0.5) is 0 Å². The normalized spacial score (nSPS) is 12.1. The highest BCUT2D eigenvalue weighted by molar-refractivity contribution is 7.12. The SMILES string of the molecule is CC(C)c1cc(C(C)C)c(C(C)C)o1.CC(C)c1cc(C(C)C)c(C(C)C)s1.CC(C)c1cc(C(C)C)c(C(C)C)s1.CC(C)c1cc(C(C)C)n(C(C)C)n1.CC(C)c1cc(C(C)C)n(C(C)C)n1.CC(C)c1cn(C(C)C)c(C(C)C)n1.CC(C)c1cn(C(C)C)c(C(C)C)n1.CC(C)c1nc(C(C)C)c(C(C)C)s1.CC(C)c1nn(C(C)C)c[n+]1C(C)C. The molecular formula is C110H197N12OS3+. The van der Waals surface area contributed by atoms with E-state index in [0.717, 1.165) is 5.76 Å². The summed E-state index contributed by atoms with van der Waals surface area (Å²) in [4.78, 5) is 21.9. The average molecular weight is 1800 g/mol. The van der Waals surface area contributed by atoms with Crippen molar-refractivity contribution in [2.45, 2.75) is 534 Å². The molecule has 0 N–H and O–H groups in total. The van der Waals surface area contributed by atoms with Crippen molar-refractivity contribution in [1.82, 2.24) is 53.4 Å². The summed E-state index contributed by atoms with van der Waals surface area (Å²) in [5, 5.41) is 15.2. The summed E-state index contributed by atoms with van der Waals surface area (Å²) >= 11 is 5.90. The molecule has 9 rings (SSSR count). The van der Waals surface area contributed by atoms with Gasteiger partial charge in [-0.25, -0.2) is 19.5 Å². The van der Waals surface area contributed by atoms with E-state index in [1.165, 1.54) is 88.3 Å². The minimum atomic E-state index is 0.438. The van der Waals surface area contributed by atoms with E-state index >= 15 is 0 Å². The van der Waals surface area contributed by atoms with E-state index in [4.69, 9.17) is 19.4 Å². The zero-order valence-corrected chi connectivity index (χ0v) is 94.2. The molecule has 126 heavy (non-hydrogen) atoms. The number of thiophene rings is 2. The Morgan fingerprint density at radius 3 is 0.825 bits per heavy atom. The molecule has 0 saturated carbocycles. The predicted octanol–water partition coefficient (Wildman–Crippen LogP) is 36.7. The first-order chi connectivity index (χ1) is 57.9. The molecule has 9 heterocycles. The Kier molecular flexibility index (Phi) is 51.6. The first-order valence-corrected chi connectivity index (χ1v) is 52.1. The molecule has 0 radical (unpaired) electrons. The zero-order valence-electron chi connectivity index (χ0n) is 91.7. The van der Waals surface area contributed by atoms with Gasteiger partial charge in [0.1, 0.15) is 29.2 Å². The molecule has 0 aliphatic rings. The van der Waals surface area contributed by atoms with Crippen molar-refractivity contribution < 1.29 is 8.98 Å². The maximum absolute atomic E-state index is 5.90. The van der Waals surface area contributed by atoms with Crippen LogP contribution in [0.1, 0.15) is 649 Å². The highest BCUT2D eigenvalue weighted by Crippen LogP contribution is 2.41. The second kappa shape index (κ2) is 54.9. The quantitative estimate of drug-likeness (QED) is 0.0470. The number of rotatable bonds is 27. The summed E-state index contributed by atoms with van der Waals surface area (Å²) in [6, 6.07) is 14.4. The van der Waals surface area contributed by atoms with E-state index < -0.39 is 0 Å². The fraction of sp³-hybridized carbons (Fsp3) is 0.736. The Balaban J connectivity index is 0.000000709. The summed E-state index contributed by atoms with van der Waals surface area (Å²) in [5.74, 6) is 17.8. The molecule has 0 unspecified atom stereocenters. The van der Waals surface area contributed by atoms with Crippen LogP contribution in [-0.4, -0.2) is 53.4 Å². The Hall–Kier alpha value is -5.71. The van der Waals surface area contributed by atoms with Crippen LogP contribution >= 0.6 is 34.0 Å². The summed E-state index contributed by atoms with van der Waals surface area (Å²) in [7, 11) is 0. The van der Waals surface area contributed by atoms with Crippen molar-refractivity contribution >= 4 is 34.0 Å². The van der Waals surface area contributed by atoms with Gasteiger partial charge in [0.2, 0.25) is 6.33 Å². The van der Waals surface area contributed by atoms with Crippen LogP contribution in [0, 0.1) is 0 Å². The van der Waals surface area contributed by atoms with Gasteiger partial charge in [-0.1, -0.05) is 291 Å². The highest BCUT2D eigenvalue weighted by Gasteiger charge is 2.27. The van der Waals surface area contributed by atoms with Gasteiger partial charge in [0, 0.05) is 113 Å². The average Bonchev–Trinajstić information content (AvgIpc) is 1.76. The molecular weight excluding hydrogens is 1600 g/mol. The van der Waals surface area contributed by atoms with E-state index in [1.807, 2.05) is 38.7 Å². The standard InChI is InChI=1S/C13H22O.2C13H22S.4C12H22N2.C12H21NS.C11H22N3/c3*1-8(2)11-7-12(9(3)4)14-13(11)10(5)6;2*1-8(2)11-7-14(10(5)6)12(13-11)9(3)4;2*1-8(2)11-7-12(9(3)4)14(13-11)10(5)6;1-7(2)10-11(8(3)4)14-12(13-10)9(5)6;1-8(2)11-12-14(10(5)6)7-13(11)9(3)4/h7*7-10H,1-6H3;7-9H,1-6H3;7-10H,1-6H3/q;;;;;;;;+1. The molecule has 0 bridgehead atoms. The third-order valence-electron chi connectivity index (χ3n) is 22.0. The molecule has 0 amide bonds. The number of nitrogens with zero attached hydrogens (tertiary/aromatic N) is 12. The van der Waals surface area contributed by atoms with E-state index in [9.17, 15) is 0 Å². The molecule has 0 spiro atoms. The predicted molar refractivity (Wildman–Crippen MR) is 559 cm³/mol. The van der Waals surface area contributed by atoms with Gasteiger partial charge in [-0.15, -0.1) is 38.7 Å². The minimum absolute atomic E-state index is 0.438. The van der Waals surface area contributed by atoms with Crippen molar-refractivity contribution in [3.8, 4) is 0 Å². The van der Waals surface area contributed by atoms with E-state index in [1.54, 1.807) is 20.9 Å². The van der Waals surface area contributed by atoms with Crippen LogP contribution in [0.25, 0.3) is 0 Å². The maximum atomic E-state index is 5.90. The van der Waals surface area contributed by atoms with Gasteiger partial charge in [0.25, 0.3) is 5.82 Å². The van der Waals surface area contributed by atoms with Crippen molar-refractivity contribution in [2.24, 2.45) is 0 Å². The van der Waals surface area contributed by atoms with E-state index in [2.05, 4.69) is 461 Å². The van der Waals surface area contributed by atoms with Gasteiger partial charge >= 0.3 is 0 Å². The molecule has 16 heteroatoms. The molecule has 0 fully saturated rings. The number of hydrogen-bond donors (Lipinski definition) is 0.